The van der Waals surface area contributed by atoms with Gasteiger partial charge in [0.25, 0.3) is 5.91 Å². The van der Waals surface area contributed by atoms with Crippen LogP contribution in [0, 0.1) is 0 Å². The maximum Gasteiger partial charge on any atom is 0.256 e. The molecule has 0 unspecified atom stereocenters. The van der Waals surface area contributed by atoms with Crippen molar-refractivity contribution >= 4 is 28.4 Å². The number of halogens is 1. The fraction of sp³-hybridized carbons (Fsp3) is 0.158. The van der Waals surface area contributed by atoms with Crippen LogP contribution in [0.15, 0.2) is 59.5 Å². The zero-order valence-corrected chi connectivity index (χ0v) is 13.9. The number of nitrogens with one attached hydrogen (secondary N) is 2. The first-order valence-corrected chi connectivity index (χ1v) is 8.08. The summed E-state index contributed by atoms with van der Waals surface area (Å²) in [4.78, 5) is 27.9. The van der Waals surface area contributed by atoms with E-state index < -0.39 is 0 Å². The topological polar surface area (TPSA) is 62.0 Å². The number of aromatic amines is 1. The van der Waals surface area contributed by atoms with Gasteiger partial charge >= 0.3 is 0 Å². The maximum atomic E-state index is 12.5. The Balaban J connectivity index is 1.77. The van der Waals surface area contributed by atoms with E-state index in [1.54, 1.807) is 18.2 Å². The first-order chi connectivity index (χ1) is 11.5. The highest BCUT2D eigenvalue weighted by Crippen LogP contribution is 2.12. The summed E-state index contributed by atoms with van der Waals surface area (Å²) in [7, 11) is 0. The quantitative estimate of drug-likeness (QED) is 0.763. The van der Waals surface area contributed by atoms with E-state index in [0.29, 0.717) is 22.3 Å². The fourth-order valence-electron chi connectivity index (χ4n) is 2.71. The number of aromatic nitrogens is 1. The first kappa shape index (κ1) is 16.3. The largest absolute Gasteiger partial charge is 0.360 e. The summed E-state index contributed by atoms with van der Waals surface area (Å²) < 4.78 is 0. The Morgan fingerprint density at radius 2 is 2.00 bits per heavy atom. The standard InChI is InChI=1S/C19H17ClN2O2/c1-12(9-13-5-4-6-14(20)10-13)22-19(24)16-11-21-17-8-3-2-7-15(17)18(16)23/h2-8,10-12H,9H2,1H3,(H,21,23)(H,22,24)/t12-/m0/s1. The highest BCUT2D eigenvalue weighted by Gasteiger charge is 2.15. The minimum Gasteiger partial charge on any atom is -0.360 e. The number of H-pyrrole nitrogens is 1. The third-order valence-electron chi connectivity index (χ3n) is 3.84. The molecule has 0 aliphatic rings. The molecule has 0 spiro atoms. The minimum absolute atomic E-state index is 0.117. The summed E-state index contributed by atoms with van der Waals surface area (Å²) in [5, 5.41) is 4.04. The molecule has 1 atom stereocenters. The molecule has 1 aromatic heterocycles. The van der Waals surface area contributed by atoms with Gasteiger partial charge in [0.2, 0.25) is 5.43 Å². The number of rotatable bonds is 4. The molecule has 1 heterocycles. The predicted molar refractivity (Wildman–Crippen MR) is 96.7 cm³/mol. The molecule has 2 N–H and O–H groups in total. The number of fused-ring (bicyclic) bond motifs is 1. The molecule has 24 heavy (non-hydrogen) atoms. The third-order valence-corrected chi connectivity index (χ3v) is 4.08. The summed E-state index contributed by atoms with van der Waals surface area (Å²) in [6.45, 7) is 1.90. The average Bonchev–Trinajstić information content (AvgIpc) is 2.55. The van der Waals surface area contributed by atoms with Crippen LogP contribution in [0.5, 0.6) is 0 Å². The van der Waals surface area contributed by atoms with Crippen molar-refractivity contribution in [3.05, 3.63) is 81.1 Å². The summed E-state index contributed by atoms with van der Waals surface area (Å²) in [6.07, 6.45) is 2.10. The Morgan fingerprint density at radius 1 is 1.21 bits per heavy atom. The van der Waals surface area contributed by atoms with Crippen molar-refractivity contribution in [1.82, 2.24) is 10.3 Å². The summed E-state index contributed by atoms with van der Waals surface area (Å²) >= 11 is 5.97. The SMILES string of the molecule is C[C@@H](Cc1cccc(Cl)c1)NC(=O)c1c[nH]c2ccccc2c1=O. The molecule has 0 fully saturated rings. The van der Waals surface area contributed by atoms with Crippen molar-refractivity contribution in [3.63, 3.8) is 0 Å². The van der Waals surface area contributed by atoms with Gasteiger partial charge in [0.1, 0.15) is 5.56 Å². The molecular formula is C19H17ClN2O2. The van der Waals surface area contributed by atoms with E-state index in [2.05, 4.69) is 10.3 Å². The molecule has 122 valence electrons. The molecule has 0 aliphatic carbocycles. The Bertz CT molecular complexity index is 949. The molecule has 0 radical (unpaired) electrons. The molecule has 3 rings (SSSR count). The van der Waals surface area contributed by atoms with Gasteiger partial charge in [0.15, 0.2) is 0 Å². The lowest BCUT2D eigenvalue weighted by Crippen LogP contribution is -2.36. The number of amides is 1. The second-order valence-electron chi connectivity index (χ2n) is 5.79. The van der Waals surface area contributed by atoms with Crippen molar-refractivity contribution in [1.29, 1.82) is 0 Å². The maximum absolute atomic E-state index is 12.5. The number of carbonyl (C=O) groups excluding carboxylic acids is 1. The van der Waals surface area contributed by atoms with Crippen LogP contribution in [0.4, 0.5) is 0 Å². The van der Waals surface area contributed by atoms with Crippen LogP contribution in [0.1, 0.15) is 22.8 Å². The Morgan fingerprint density at radius 3 is 2.79 bits per heavy atom. The number of hydrogen-bond acceptors (Lipinski definition) is 2. The van der Waals surface area contributed by atoms with Crippen LogP contribution in [0.2, 0.25) is 5.02 Å². The number of benzene rings is 2. The summed E-state index contributed by atoms with van der Waals surface area (Å²) in [6, 6.07) is 14.5. The molecular weight excluding hydrogens is 324 g/mol. The molecule has 3 aromatic rings. The second kappa shape index (κ2) is 6.89. The van der Waals surface area contributed by atoms with E-state index in [1.165, 1.54) is 6.20 Å². The van der Waals surface area contributed by atoms with Crippen LogP contribution in [-0.2, 0) is 6.42 Å². The molecule has 1 amide bonds. The van der Waals surface area contributed by atoms with E-state index in [1.807, 2.05) is 37.3 Å². The smallest absolute Gasteiger partial charge is 0.256 e. The summed E-state index contributed by atoms with van der Waals surface area (Å²) in [5.41, 5.74) is 1.59. The van der Waals surface area contributed by atoms with E-state index in [4.69, 9.17) is 11.6 Å². The van der Waals surface area contributed by atoms with Gasteiger partial charge in [-0.2, -0.15) is 0 Å². The lowest BCUT2D eigenvalue weighted by atomic mass is 10.1. The van der Waals surface area contributed by atoms with Crippen molar-refractivity contribution in [2.24, 2.45) is 0 Å². The lowest BCUT2D eigenvalue weighted by Gasteiger charge is -2.14. The molecule has 5 heteroatoms. The number of pyridine rings is 1. The van der Waals surface area contributed by atoms with Crippen LogP contribution in [-0.4, -0.2) is 16.9 Å². The molecule has 4 nitrogen and oxygen atoms in total. The molecule has 0 aliphatic heterocycles. The van der Waals surface area contributed by atoms with E-state index in [-0.39, 0.29) is 22.9 Å². The van der Waals surface area contributed by atoms with Gasteiger partial charge in [-0.1, -0.05) is 35.9 Å². The van der Waals surface area contributed by atoms with Gasteiger partial charge in [-0.15, -0.1) is 0 Å². The van der Waals surface area contributed by atoms with Crippen LogP contribution in [0.25, 0.3) is 10.9 Å². The van der Waals surface area contributed by atoms with Gasteiger partial charge in [0, 0.05) is 28.2 Å². The highest BCUT2D eigenvalue weighted by atomic mass is 35.5. The predicted octanol–water partition coefficient (Wildman–Crippen LogP) is 3.54. The molecule has 2 aromatic carbocycles. The van der Waals surface area contributed by atoms with Crippen LogP contribution < -0.4 is 10.7 Å². The zero-order chi connectivity index (χ0) is 17.1. The first-order valence-electron chi connectivity index (χ1n) is 7.70. The van der Waals surface area contributed by atoms with E-state index >= 15 is 0 Å². The van der Waals surface area contributed by atoms with Crippen molar-refractivity contribution in [2.75, 3.05) is 0 Å². The number of carbonyl (C=O) groups is 1. The molecule has 0 saturated carbocycles. The highest BCUT2D eigenvalue weighted by molar-refractivity contribution is 6.30. The summed E-state index contributed by atoms with van der Waals surface area (Å²) in [5.74, 6) is -0.378. The van der Waals surface area contributed by atoms with Crippen LogP contribution in [0.3, 0.4) is 0 Å². The Kier molecular flexibility index (Phi) is 4.67. The van der Waals surface area contributed by atoms with Gasteiger partial charge in [-0.25, -0.2) is 0 Å². The second-order valence-corrected chi connectivity index (χ2v) is 6.22. The van der Waals surface area contributed by atoms with E-state index in [0.717, 1.165) is 5.56 Å². The average molecular weight is 341 g/mol. The van der Waals surface area contributed by atoms with Gasteiger partial charge < -0.3 is 10.3 Å². The lowest BCUT2D eigenvalue weighted by molar-refractivity contribution is 0.0939. The van der Waals surface area contributed by atoms with Crippen molar-refractivity contribution in [2.45, 2.75) is 19.4 Å². The van der Waals surface area contributed by atoms with Gasteiger partial charge in [-0.05, 0) is 43.2 Å². The van der Waals surface area contributed by atoms with Gasteiger partial charge in [-0.3, -0.25) is 9.59 Å². The van der Waals surface area contributed by atoms with E-state index in [9.17, 15) is 9.59 Å². The monoisotopic (exact) mass is 340 g/mol. The number of para-hydroxylation sites is 1. The van der Waals surface area contributed by atoms with Gasteiger partial charge in [0.05, 0.1) is 0 Å². The third kappa shape index (κ3) is 3.49. The normalized spacial score (nSPS) is 12.1. The zero-order valence-electron chi connectivity index (χ0n) is 13.2. The fourth-order valence-corrected chi connectivity index (χ4v) is 2.92. The van der Waals surface area contributed by atoms with Crippen molar-refractivity contribution < 1.29 is 4.79 Å². The van der Waals surface area contributed by atoms with Crippen molar-refractivity contribution in [3.8, 4) is 0 Å². The number of hydrogen-bond donors (Lipinski definition) is 2. The Labute approximate surface area is 144 Å². The van der Waals surface area contributed by atoms with Crippen LogP contribution >= 0.6 is 11.6 Å². The Hall–Kier alpha value is -2.59. The molecule has 0 bridgehead atoms. The minimum atomic E-state index is -0.378. The molecule has 0 saturated heterocycles.